The number of ether oxygens (including phenoxy) is 1. The average molecular weight is 553 g/mol. The van der Waals surface area contributed by atoms with Crippen molar-refractivity contribution in [2.75, 3.05) is 11.9 Å². The summed E-state index contributed by atoms with van der Waals surface area (Å²) in [5.41, 5.74) is 6.77. The van der Waals surface area contributed by atoms with Gasteiger partial charge in [0.1, 0.15) is 6.61 Å². The van der Waals surface area contributed by atoms with Crippen molar-refractivity contribution in [3.8, 4) is 22.5 Å². The minimum absolute atomic E-state index is 0.0431. The molecule has 0 aliphatic carbocycles. The molecule has 1 aliphatic rings. The number of carbonyl (C=O) groups is 3. The molecule has 2 amide bonds. The van der Waals surface area contributed by atoms with Crippen molar-refractivity contribution >= 4 is 23.7 Å². The van der Waals surface area contributed by atoms with Crippen molar-refractivity contribution in [1.82, 2.24) is 15.3 Å². The number of aromatic nitrogens is 2. The predicted molar refractivity (Wildman–Crippen MR) is 139 cm³/mol. The number of carboxylic acids is 1. The van der Waals surface area contributed by atoms with E-state index in [-0.39, 0.29) is 12.5 Å². The van der Waals surface area contributed by atoms with Crippen molar-refractivity contribution in [2.24, 2.45) is 0 Å². The van der Waals surface area contributed by atoms with Gasteiger partial charge >= 0.3 is 18.2 Å². The van der Waals surface area contributed by atoms with Crippen LogP contribution in [0.15, 0.2) is 79.0 Å². The van der Waals surface area contributed by atoms with E-state index in [9.17, 15) is 22.8 Å². The van der Waals surface area contributed by atoms with Crippen LogP contribution in [0.3, 0.4) is 0 Å². The Kier molecular flexibility index (Phi) is 8.48. The van der Waals surface area contributed by atoms with E-state index in [4.69, 9.17) is 14.6 Å². The van der Waals surface area contributed by atoms with Crippen molar-refractivity contribution in [3.05, 3.63) is 95.8 Å². The van der Waals surface area contributed by atoms with E-state index in [0.717, 1.165) is 40.2 Å². The van der Waals surface area contributed by atoms with Crippen LogP contribution >= 0.6 is 0 Å². The molecule has 0 saturated carbocycles. The van der Waals surface area contributed by atoms with Gasteiger partial charge in [0, 0.05) is 47.4 Å². The molecule has 12 heteroatoms. The van der Waals surface area contributed by atoms with Crippen LogP contribution in [0.2, 0.25) is 0 Å². The molecule has 0 radical (unpaired) electrons. The highest BCUT2D eigenvalue weighted by Gasteiger charge is 2.38. The van der Waals surface area contributed by atoms with E-state index >= 15 is 0 Å². The third-order valence-corrected chi connectivity index (χ3v) is 5.76. The zero-order valence-corrected chi connectivity index (χ0v) is 20.8. The van der Waals surface area contributed by atoms with Crippen LogP contribution in [0.25, 0.3) is 22.5 Å². The second-order valence-corrected chi connectivity index (χ2v) is 8.58. The van der Waals surface area contributed by atoms with E-state index in [1.165, 1.54) is 0 Å². The first-order valence-electron chi connectivity index (χ1n) is 11.9. The Morgan fingerprint density at radius 1 is 1.00 bits per heavy atom. The van der Waals surface area contributed by atoms with Gasteiger partial charge in [-0.25, -0.2) is 9.59 Å². The Labute approximate surface area is 226 Å². The molecule has 40 heavy (non-hydrogen) atoms. The third-order valence-electron chi connectivity index (χ3n) is 5.76. The molecule has 206 valence electrons. The summed E-state index contributed by atoms with van der Waals surface area (Å²) >= 11 is 0. The van der Waals surface area contributed by atoms with Crippen molar-refractivity contribution < 1.29 is 37.4 Å². The fourth-order valence-electron chi connectivity index (χ4n) is 3.81. The zero-order chi connectivity index (χ0) is 28.7. The normalized spacial score (nSPS) is 12.3. The molecule has 5 rings (SSSR count). The topological polar surface area (TPSA) is 133 Å². The summed E-state index contributed by atoms with van der Waals surface area (Å²) in [5.74, 6) is -2.80. The number of H-pyrrole nitrogens is 1. The molecule has 1 aliphatic heterocycles. The molecule has 2 aromatic heterocycles. The van der Waals surface area contributed by atoms with Gasteiger partial charge in [0.2, 0.25) is 0 Å². The molecule has 0 saturated heterocycles. The highest BCUT2D eigenvalue weighted by atomic mass is 19.4. The van der Waals surface area contributed by atoms with Gasteiger partial charge in [0.15, 0.2) is 0 Å². The number of rotatable bonds is 5. The molecule has 0 unspecified atom stereocenters. The summed E-state index contributed by atoms with van der Waals surface area (Å²) in [7, 11) is 0. The molecule has 3 heterocycles. The summed E-state index contributed by atoms with van der Waals surface area (Å²) in [4.78, 5) is 40.9. The SMILES string of the molecule is O=C(Nc1ccc(-c2cc(-c3cc4c([nH]3)CCNC4=O)ccn2)cc1)OCc1ccccc1.O=C(O)C(F)(F)F. The molecule has 0 bridgehead atoms. The molecular weight excluding hydrogens is 529 g/mol. The lowest BCUT2D eigenvalue weighted by atomic mass is 10.1. The second-order valence-electron chi connectivity index (χ2n) is 8.58. The Hall–Kier alpha value is -5.13. The number of carbonyl (C=O) groups excluding carboxylic acids is 2. The summed E-state index contributed by atoms with van der Waals surface area (Å²) in [6.07, 6.45) is -3.05. The monoisotopic (exact) mass is 552 g/mol. The van der Waals surface area contributed by atoms with E-state index in [1.54, 1.807) is 6.20 Å². The Morgan fingerprint density at radius 2 is 1.70 bits per heavy atom. The van der Waals surface area contributed by atoms with Gasteiger partial charge in [-0.15, -0.1) is 0 Å². The van der Waals surface area contributed by atoms with Crippen LogP contribution in [-0.2, 0) is 22.6 Å². The quantitative estimate of drug-likeness (QED) is 0.262. The van der Waals surface area contributed by atoms with Crippen LogP contribution in [0, 0.1) is 0 Å². The van der Waals surface area contributed by atoms with E-state index < -0.39 is 18.2 Å². The summed E-state index contributed by atoms with van der Waals surface area (Å²) in [6, 6.07) is 22.7. The molecule has 9 nitrogen and oxygen atoms in total. The number of hydrogen-bond acceptors (Lipinski definition) is 5. The largest absolute Gasteiger partial charge is 0.490 e. The number of nitrogens with one attached hydrogen (secondary N) is 3. The lowest BCUT2D eigenvalue weighted by Gasteiger charge is -2.11. The van der Waals surface area contributed by atoms with Crippen LogP contribution in [0.1, 0.15) is 21.6 Å². The lowest BCUT2D eigenvalue weighted by molar-refractivity contribution is -0.192. The maximum Gasteiger partial charge on any atom is 0.490 e. The van der Waals surface area contributed by atoms with Crippen LogP contribution in [0.5, 0.6) is 0 Å². The fourth-order valence-corrected chi connectivity index (χ4v) is 3.81. The third kappa shape index (κ3) is 7.25. The van der Waals surface area contributed by atoms with Gasteiger partial charge in [0.25, 0.3) is 5.91 Å². The smallest absolute Gasteiger partial charge is 0.475 e. The van der Waals surface area contributed by atoms with Crippen LogP contribution < -0.4 is 10.6 Å². The number of halogens is 3. The number of amides is 2. The van der Waals surface area contributed by atoms with Crippen molar-refractivity contribution in [2.45, 2.75) is 19.2 Å². The summed E-state index contributed by atoms with van der Waals surface area (Å²) in [6.45, 7) is 0.860. The van der Waals surface area contributed by atoms with Gasteiger partial charge in [-0.2, -0.15) is 13.2 Å². The number of aliphatic carboxylic acids is 1. The van der Waals surface area contributed by atoms with Crippen molar-refractivity contribution in [3.63, 3.8) is 0 Å². The number of anilines is 1. The number of aromatic amines is 1. The minimum atomic E-state index is -5.08. The second kappa shape index (κ2) is 12.2. The molecule has 2 aromatic carbocycles. The number of alkyl halides is 3. The predicted octanol–water partition coefficient (Wildman–Crippen LogP) is 5.41. The number of fused-ring (bicyclic) bond motifs is 1. The highest BCUT2D eigenvalue weighted by molar-refractivity contribution is 5.97. The van der Waals surface area contributed by atoms with Gasteiger partial charge in [-0.05, 0) is 35.9 Å². The van der Waals surface area contributed by atoms with Gasteiger partial charge in [-0.1, -0.05) is 42.5 Å². The summed E-state index contributed by atoms with van der Waals surface area (Å²) in [5, 5.41) is 12.7. The summed E-state index contributed by atoms with van der Waals surface area (Å²) < 4.78 is 37.0. The Bertz CT molecular complexity index is 1500. The van der Waals surface area contributed by atoms with E-state index in [1.807, 2.05) is 72.8 Å². The number of hydrogen-bond donors (Lipinski definition) is 4. The minimum Gasteiger partial charge on any atom is -0.475 e. The standard InChI is InChI=1S/C26H22N4O3.C2HF3O2/c31-25-21-15-24(30-22(21)11-13-28-25)19-10-12-27-23(14-19)18-6-8-20(9-7-18)29-26(32)33-16-17-4-2-1-3-5-17;3-2(4,5)1(6)7/h1-10,12,14-15,30H,11,13,16H2,(H,28,31)(H,29,32);(H,6,7). The first-order chi connectivity index (χ1) is 19.1. The molecule has 4 N–H and O–H groups in total. The van der Waals surface area contributed by atoms with Crippen LogP contribution in [0.4, 0.5) is 23.7 Å². The first kappa shape index (κ1) is 27.9. The maximum absolute atomic E-state index is 12.1. The van der Waals surface area contributed by atoms with Gasteiger partial charge in [-0.3, -0.25) is 15.1 Å². The highest BCUT2D eigenvalue weighted by Crippen LogP contribution is 2.27. The fraction of sp³-hybridized carbons (Fsp3) is 0.143. The Morgan fingerprint density at radius 3 is 2.35 bits per heavy atom. The molecule has 4 aromatic rings. The number of pyridine rings is 1. The van der Waals surface area contributed by atoms with Crippen molar-refractivity contribution in [1.29, 1.82) is 0 Å². The molecule has 0 atom stereocenters. The maximum atomic E-state index is 12.1. The Balaban J connectivity index is 0.000000470. The molecular formula is C28H23F3N4O5. The lowest BCUT2D eigenvalue weighted by Crippen LogP contribution is -2.31. The van der Waals surface area contributed by atoms with Gasteiger partial charge < -0.3 is 20.1 Å². The number of nitrogens with zero attached hydrogens (tertiary/aromatic N) is 1. The van der Waals surface area contributed by atoms with Gasteiger partial charge in [0.05, 0.1) is 11.3 Å². The molecule has 0 spiro atoms. The van der Waals surface area contributed by atoms with E-state index in [0.29, 0.717) is 17.8 Å². The van der Waals surface area contributed by atoms with E-state index in [2.05, 4.69) is 20.6 Å². The zero-order valence-electron chi connectivity index (χ0n) is 20.8. The average Bonchev–Trinajstić information content (AvgIpc) is 3.39. The molecule has 0 fully saturated rings. The number of benzene rings is 2. The number of carboxylic acid groups (broad SMARTS) is 1. The first-order valence-corrected chi connectivity index (χ1v) is 11.9. The van der Waals surface area contributed by atoms with Crippen LogP contribution in [-0.4, -0.2) is 45.8 Å².